The molecule has 0 aliphatic carbocycles. The molecule has 142 valence electrons. The molecule has 0 fully saturated rings. The molecule has 0 bridgehead atoms. The molecule has 0 saturated heterocycles. The van der Waals surface area contributed by atoms with Gasteiger partial charge in [-0.1, -0.05) is 13.3 Å². The summed E-state index contributed by atoms with van der Waals surface area (Å²) in [5, 5.41) is 8.39. The fourth-order valence-electron chi connectivity index (χ4n) is 1.80. The molecule has 0 unspecified atom stereocenters. The minimum atomic E-state index is -0.986. The number of hydrogen-bond acceptors (Lipinski definition) is 6. The van der Waals surface area contributed by atoms with Gasteiger partial charge in [0.2, 0.25) is 0 Å². The monoisotopic (exact) mass is 356 g/mol. The molecule has 0 saturated carbocycles. The average Bonchev–Trinajstić information content (AvgIpc) is 2.61. The first-order chi connectivity index (χ1) is 12.2. The van der Waals surface area contributed by atoms with Crippen molar-refractivity contribution in [1.82, 2.24) is 0 Å². The van der Waals surface area contributed by atoms with Gasteiger partial charge in [0, 0.05) is 6.61 Å². The van der Waals surface area contributed by atoms with E-state index in [-0.39, 0.29) is 13.2 Å². The van der Waals surface area contributed by atoms with Gasteiger partial charge < -0.3 is 28.8 Å². The van der Waals surface area contributed by atoms with Gasteiger partial charge in [0.1, 0.15) is 31.3 Å². The molecule has 1 aromatic carbocycles. The minimum Gasteiger partial charge on any atom is -0.491 e. The Balaban J connectivity index is 2.01. The maximum atomic E-state index is 10.2. The zero-order chi connectivity index (χ0) is 18.2. The van der Waals surface area contributed by atoms with Crippen molar-refractivity contribution in [2.45, 2.75) is 19.8 Å². The van der Waals surface area contributed by atoms with Crippen molar-refractivity contribution in [2.24, 2.45) is 0 Å². The van der Waals surface area contributed by atoms with Crippen molar-refractivity contribution in [3.63, 3.8) is 0 Å². The number of ether oxygens (including phenoxy) is 5. The fourth-order valence-corrected chi connectivity index (χ4v) is 1.80. The number of carbonyl (C=O) groups is 1. The number of carboxylic acid groups (broad SMARTS) is 1. The highest BCUT2D eigenvalue weighted by Gasteiger charge is 1.98. The summed E-state index contributed by atoms with van der Waals surface area (Å²) >= 11 is 0. The van der Waals surface area contributed by atoms with Crippen molar-refractivity contribution >= 4 is 5.97 Å². The Morgan fingerprint density at radius 2 is 1.28 bits per heavy atom. The lowest BCUT2D eigenvalue weighted by atomic mass is 10.3. The molecule has 0 aliphatic rings. The van der Waals surface area contributed by atoms with Crippen LogP contribution in [0.4, 0.5) is 0 Å². The van der Waals surface area contributed by atoms with Crippen LogP contribution in [0.1, 0.15) is 19.8 Å². The second-order valence-corrected chi connectivity index (χ2v) is 5.19. The lowest BCUT2D eigenvalue weighted by Gasteiger charge is -2.09. The van der Waals surface area contributed by atoms with Crippen LogP contribution in [0.15, 0.2) is 24.3 Å². The van der Waals surface area contributed by atoms with E-state index in [1.807, 2.05) is 24.3 Å². The summed E-state index contributed by atoms with van der Waals surface area (Å²) in [4.78, 5) is 10.2. The summed E-state index contributed by atoms with van der Waals surface area (Å²) in [5.74, 6) is 0.523. The predicted octanol–water partition coefficient (Wildman–Crippen LogP) is 2.38. The zero-order valence-corrected chi connectivity index (χ0v) is 14.8. The number of carboxylic acids is 1. The minimum absolute atomic E-state index is 0.250. The first-order valence-electron chi connectivity index (χ1n) is 8.53. The van der Waals surface area contributed by atoms with Crippen LogP contribution >= 0.6 is 0 Å². The summed E-state index contributed by atoms with van der Waals surface area (Å²) in [7, 11) is 0. The van der Waals surface area contributed by atoms with E-state index in [0.717, 1.165) is 30.9 Å². The predicted molar refractivity (Wildman–Crippen MR) is 92.4 cm³/mol. The van der Waals surface area contributed by atoms with E-state index in [0.29, 0.717) is 33.0 Å². The van der Waals surface area contributed by atoms with Crippen molar-refractivity contribution in [1.29, 1.82) is 0 Å². The summed E-state index contributed by atoms with van der Waals surface area (Å²) < 4.78 is 26.7. The standard InChI is InChI=1S/C18H28O7/c1-2-3-8-21-11-13-24-16-4-6-17(7-5-16)25-14-12-22-9-10-23-15-18(19)20/h4-7H,2-3,8-15H2,1H3,(H,19,20). The molecule has 0 aliphatic heterocycles. The Labute approximate surface area is 148 Å². The Morgan fingerprint density at radius 1 is 0.800 bits per heavy atom. The Hall–Kier alpha value is -1.83. The number of benzene rings is 1. The molecule has 0 spiro atoms. The third kappa shape index (κ3) is 12.2. The average molecular weight is 356 g/mol. The highest BCUT2D eigenvalue weighted by atomic mass is 16.5. The molecular formula is C18H28O7. The highest BCUT2D eigenvalue weighted by molar-refractivity contribution is 5.67. The lowest BCUT2D eigenvalue weighted by Crippen LogP contribution is -2.13. The van der Waals surface area contributed by atoms with Gasteiger partial charge in [0.25, 0.3) is 0 Å². The van der Waals surface area contributed by atoms with Crippen molar-refractivity contribution < 1.29 is 33.6 Å². The second kappa shape index (κ2) is 14.5. The number of hydrogen-bond donors (Lipinski definition) is 1. The van der Waals surface area contributed by atoms with Crippen molar-refractivity contribution in [2.75, 3.05) is 52.9 Å². The van der Waals surface area contributed by atoms with E-state index in [1.165, 1.54) is 0 Å². The first kappa shape index (κ1) is 21.2. The summed E-state index contributed by atoms with van der Waals surface area (Å²) in [6.07, 6.45) is 2.21. The number of rotatable bonds is 16. The molecule has 25 heavy (non-hydrogen) atoms. The smallest absolute Gasteiger partial charge is 0.329 e. The van der Waals surface area contributed by atoms with Crippen LogP contribution in [-0.2, 0) is 19.0 Å². The van der Waals surface area contributed by atoms with Gasteiger partial charge in [-0.05, 0) is 30.7 Å². The third-order valence-corrected chi connectivity index (χ3v) is 3.06. The van der Waals surface area contributed by atoms with Crippen LogP contribution in [-0.4, -0.2) is 63.9 Å². The van der Waals surface area contributed by atoms with Gasteiger partial charge in [-0.2, -0.15) is 0 Å². The van der Waals surface area contributed by atoms with Crippen LogP contribution in [0.3, 0.4) is 0 Å². The molecule has 0 amide bonds. The van der Waals surface area contributed by atoms with Crippen LogP contribution in [0.2, 0.25) is 0 Å². The first-order valence-corrected chi connectivity index (χ1v) is 8.53. The van der Waals surface area contributed by atoms with Crippen molar-refractivity contribution in [3.05, 3.63) is 24.3 Å². The van der Waals surface area contributed by atoms with Crippen LogP contribution < -0.4 is 9.47 Å². The van der Waals surface area contributed by atoms with Gasteiger partial charge in [-0.15, -0.1) is 0 Å². The van der Waals surface area contributed by atoms with E-state index in [2.05, 4.69) is 6.92 Å². The van der Waals surface area contributed by atoms with Crippen LogP contribution in [0.5, 0.6) is 11.5 Å². The SMILES string of the molecule is CCCCOCCOc1ccc(OCCOCCOCC(=O)O)cc1. The van der Waals surface area contributed by atoms with Gasteiger partial charge in [0.15, 0.2) is 0 Å². The van der Waals surface area contributed by atoms with Crippen LogP contribution in [0, 0.1) is 0 Å². The van der Waals surface area contributed by atoms with Crippen LogP contribution in [0.25, 0.3) is 0 Å². The topological polar surface area (TPSA) is 83.5 Å². The van der Waals surface area contributed by atoms with Gasteiger partial charge in [0.05, 0.1) is 26.4 Å². The van der Waals surface area contributed by atoms with E-state index < -0.39 is 5.97 Å². The summed E-state index contributed by atoms with van der Waals surface area (Å²) in [5.41, 5.74) is 0. The maximum absolute atomic E-state index is 10.2. The molecular weight excluding hydrogens is 328 g/mol. The molecule has 1 rings (SSSR count). The molecule has 7 nitrogen and oxygen atoms in total. The Morgan fingerprint density at radius 3 is 1.80 bits per heavy atom. The van der Waals surface area contributed by atoms with E-state index in [4.69, 9.17) is 28.8 Å². The fraction of sp³-hybridized carbons (Fsp3) is 0.611. The summed E-state index contributed by atoms with van der Waals surface area (Å²) in [6, 6.07) is 7.37. The van der Waals surface area contributed by atoms with Gasteiger partial charge in [-0.25, -0.2) is 4.79 Å². The molecule has 0 aromatic heterocycles. The number of aliphatic carboxylic acids is 1. The molecule has 0 atom stereocenters. The number of unbranched alkanes of at least 4 members (excludes halogenated alkanes) is 1. The molecule has 1 N–H and O–H groups in total. The third-order valence-electron chi connectivity index (χ3n) is 3.06. The molecule has 0 heterocycles. The van der Waals surface area contributed by atoms with Crippen molar-refractivity contribution in [3.8, 4) is 11.5 Å². The van der Waals surface area contributed by atoms with E-state index >= 15 is 0 Å². The van der Waals surface area contributed by atoms with Gasteiger partial charge >= 0.3 is 5.97 Å². The van der Waals surface area contributed by atoms with E-state index in [9.17, 15) is 4.79 Å². The maximum Gasteiger partial charge on any atom is 0.329 e. The lowest BCUT2D eigenvalue weighted by molar-refractivity contribution is -0.142. The van der Waals surface area contributed by atoms with Gasteiger partial charge in [-0.3, -0.25) is 0 Å². The largest absolute Gasteiger partial charge is 0.491 e. The Bertz CT molecular complexity index is 447. The summed E-state index contributed by atoms with van der Waals surface area (Å²) in [6.45, 7) is 5.12. The molecule has 1 aromatic rings. The molecule has 7 heteroatoms. The highest BCUT2D eigenvalue weighted by Crippen LogP contribution is 2.17. The van der Waals surface area contributed by atoms with E-state index in [1.54, 1.807) is 0 Å². The Kier molecular flexibility index (Phi) is 12.3. The second-order valence-electron chi connectivity index (χ2n) is 5.19. The molecule has 0 radical (unpaired) electrons. The quantitative estimate of drug-likeness (QED) is 0.455. The zero-order valence-electron chi connectivity index (χ0n) is 14.8. The normalized spacial score (nSPS) is 10.6.